The summed E-state index contributed by atoms with van der Waals surface area (Å²) in [5.41, 5.74) is 0. The van der Waals surface area contributed by atoms with Crippen LogP contribution in [0.1, 0.15) is 32.1 Å². The van der Waals surface area contributed by atoms with Crippen molar-refractivity contribution < 1.29 is 29.7 Å². The molecule has 98 valence electrons. The number of aliphatic hydroxyl groups excluding tert-OH is 1. The van der Waals surface area contributed by atoms with E-state index in [-0.39, 0.29) is 25.9 Å². The summed E-state index contributed by atoms with van der Waals surface area (Å²) < 4.78 is 0. The van der Waals surface area contributed by atoms with Crippen LogP contribution in [0.2, 0.25) is 0 Å². The maximum atomic E-state index is 11.3. The van der Waals surface area contributed by atoms with Gasteiger partial charge < -0.3 is 20.6 Å². The molecule has 0 aliphatic carbocycles. The van der Waals surface area contributed by atoms with E-state index in [2.05, 4.69) is 5.32 Å². The van der Waals surface area contributed by atoms with Gasteiger partial charge in [-0.25, -0.2) is 4.79 Å². The van der Waals surface area contributed by atoms with Gasteiger partial charge in [-0.3, -0.25) is 9.59 Å². The zero-order valence-electron chi connectivity index (χ0n) is 9.39. The molecule has 0 bridgehead atoms. The van der Waals surface area contributed by atoms with Crippen LogP contribution >= 0.6 is 0 Å². The number of hydrogen-bond donors (Lipinski definition) is 4. The third kappa shape index (κ3) is 8.21. The van der Waals surface area contributed by atoms with Crippen LogP contribution in [0, 0.1) is 0 Å². The van der Waals surface area contributed by atoms with Crippen LogP contribution in [0.5, 0.6) is 0 Å². The molecule has 17 heavy (non-hydrogen) atoms. The largest absolute Gasteiger partial charge is 0.481 e. The summed E-state index contributed by atoms with van der Waals surface area (Å²) in [6, 6.07) is -1.09. The molecule has 0 radical (unpaired) electrons. The van der Waals surface area contributed by atoms with Gasteiger partial charge in [-0.2, -0.15) is 0 Å². The molecule has 0 rings (SSSR count). The van der Waals surface area contributed by atoms with Crippen LogP contribution in [0.15, 0.2) is 0 Å². The lowest BCUT2D eigenvalue weighted by atomic mass is 10.1. The second kappa shape index (κ2) is 8.51. The maximum absolute atomic E-state index is 11.3. The lowest BCUT2D eigenvalue weighted by Crippen LogP contribution is -2.41. The minimum atomic E-state index is -1.20. The number of carbonyl (C=O) groups is 3. The summed E-state index contributed by atoms with van der Waals surface area (Å²) in [4.78, 5) is 32.1. The number of rotatable bonds is 9. The van der Waals surface area contributed by atoms with Crippen molar-refractivity contribution in [2.75, 3.05) is 6.61 Å². The molecule has 0 heterocycles. The SMILES string of the molecule is O=C(O)CCCCC(=O)N[C@@H](CCO)C(=O)O. The van der Waals surface area contributed by atoms with Crippen molar-refractivity contribution in [2.45, 2.75) is 38.1 Å². The molecule has 0 fully saturated rings. The summed E-state index contributed by atoms with van der Waals surface area (Å²) in [5, 5.41) is 27.9. The van der Waals surface area contributed by atoms with Gasteiger partial charge in [-0.1, -0.05) is 0 Å². The summed E-state index contributed by atoms with van der Waals surface area (Å²) in [6.45, 7) is -0.323. The number of nitrogens with one attached hydrogen (secondary N) is 1. The first kappa shape index (κ1) is 15.4. The Labute approximate surface area is 98.4 Å². The maximum Gasteiger partial charge on any atom is 0.326 e. The Balaban J connectivity index is 3.82. The molecule has 0 aromatic rings. The molecule has 0 saturated carbocycles. The van der Waals surface area contributed by atoms with Gasteiger partial charge in [-0.15, -0.1) is 0 Å². The highest BCUT2D eigenvalue weighted by molar-refractivity contribution is 5.83. The predicted octanol–water partition coefficient (Wildman–Crippen LogP) is -0.417. The minimum absolute atomic E-state index is 0.00766. The molecular weight excluding hydrogens is 230 g/mol. The Kier molecular flexibility index (Phi) is 7.70. The average Bonchev–Trinajstić information content (AvgIpc) is 2.23. The van der Waals surface area contributed by atoms with Gasteiger partial charge >= 0.3 is 11.9 Å². The van der Waals surface area contributed by atoms with Crippen molar-refractivity contribution in [2.24, 2.45) is 0 Å². The molecule has 0 aliphatic rings. The highest BCUT2D eigenvalue weighted by atomic mass is 16.4. The van der Waals surface area contributed by atoms with Crippen molar-refractivity contribution >= 4 is 17.8 Å². The molecule has 0 aromatic heterocycles. The summed E-state index contributed by atoms with van der Waals surface area (Å²) in [7, 11) is 0. The molecule has 0 saturated heterocycles. The first-order valence-electron chi connectivity index (χ1n) is 5.32. The van der Waals surface area contributed by atoms with Gasteiger partial charge in [0.15, 0.2) is 0 Å². The van der Waals surface area contributed by atoms with Crippen LogP contribution in [0.3, 0.4) is 0 Å². The highest BCUT2D eigenvalue weighted by Gasteiger charge is 2.18. The van der Waals surface area contributed by atoms with Gasteiger partial charge in [0.2, 0.25) is 5.91 Å². The van der Waals surface area contributed by atoms with E-state index < -0.39 is 23.9 Å². The number of hydrogen-bond acceptors (Lipinski definition) is 4. The monoisotopic (exact) mass is 247 g/mol. The molecule has 0 aliphatic heterocycles. The van der Waals surface area contributed by atoms with Gasteiger partial charge in [0, 0.05) is 25.9 Å². The molecule has 1 atom stereocenters. The predicted molar refractivity (Wildman–Crippen MR) is 57.4 cm³/mol. The first-order valence-corrected chi connectivity index (χ1v) is 5.32. The van der Waals surface area contributed by atoms with Crippen LogP contribution in [0.25, 0.3) is 0 Å². The van der Waals surface area contributed by atoms with E-state index >= 15 is 0 Å². The number of aliphatic hydroxyl groups is 1. The number of carbonyl (C=O) groups excluding carboxylic acids is 1. The van der Waals surface area contributed by atoms with Crippen molar-refractivity contribution in [1.82, 2.24) is 5.32 Å². The van der Waals surface area contributed by atoms with E-state index in [0.29, 0.717) is 12.8 Å². The Morgan fingerprint density at radius 2 is 1.65 bits per heavy atom. The summed E-state index contributed by atoms with van der Waals surface area (Å²) >= 11 is 0. The summed E-state index contributed by atoms with van der Waals surface area (Å²) in [6.07, 6.45) is 0.801. The molecule has 0 aromatic carbocycles. The molecular formula is C10H17NO6. The van der Waals surface area contributed by atoms with Crippen molar-refractivity contribution in [3.05, 3.63) is 0 Å². The van der Waals surface area contributed by atoms with Gasteiger partial charge in [-0.05, 0) is 12.8 Å². The number of unbranched alkanes of at least 4 members (excludes halogenated alkanes) is 1. The van der Waals surface area contributed by atoms with Gasteiger partial charge in [0.25, 0.3) is 0 Å². The van der Waals surface area contributed by atoms with E-state index in [9.17, 15) is 14.4 Å². The van der Waals surface area contributed by atoms with E-state index in [0.717, 1.165) is 0 Å². The Bertz CT molecular complexity index is 278. The molecule has 7 nitrogen and oxygen atoms in total. The Hall–Kier alpha value is -1.63. The lowest BCUT2D eigenvalue weighted by molar-refractivity contribution is -0.142. The van der Waals surface area contributed by atoms with Crippen molar-refractivity contribution in [3.63, 3.8) is 0 Å². The minimum Gasteiger partial charge on any atom is -0.481 e. The normalized spacial score (nSPS) is 11.8. The highest BCUT2D eigenvalue weighted by Crippen LogP contribution is 2.01. The van der Waals surface area contributed by atoms with Gasteiger partial charge in [0.05, 0.1) is 0 Å². The molecule has 4 N–H and O–H groups in total. The van der Waals surface area contributed by atoms with Crippen molar-refractivity contribution in [3.8, 4) is 0 Å². The molecule has 0 spiro atoms. The lowest BCUT2D eigenvalue weighted by Gasteiger charge is -2.12. The second-order valence-corrected chi connectivity index (χ2v) is 3.57. The fraction of sp³-hybridized carbons (Fsp3) is 0.700. The Morgan fingerprint density at radius 3 is 2.12 bits per heavy atom. The van der Waals surface area contributed by atoms with Crippen LogP contribution in [0.4, 0.5) is 0 Å². The zero-order chi connectivity index (χ0) is 13.3. The van der Waals surface area contributed by atoms with Crippen LogP contribution < -0.4 is 5.32 Å². The standard InChI is InChI=1S/C10H17NO6/c12-6-5-7(10(16)17)11-8(13)3-1-2-4-9(14)15/h7,12H,1-6H2,(H,11,13)(H,14,15)(H,16,17)/t7-/m0/s1. The molecule has 1 amide bonds. The second-order valence-electron chi connectivity index (χ2n) is 3.57. The fourth-order valence-electron chi connectivity index (χ4n) is 1.21. The number of carboxylic acid groups (broad SMARTS) is 2. The number of carboxylic acids is 2. The van der Waals surface area contributed by atoms with Crippen LogP contribution in [-0.2, 0) is 14.4 Å². The van der Waals surface area contributed by atoms with E-state index in [1.54, 1.807) is 0 Å². The quantitative estimate of drug-likeness (QED) is 0.410. The third-order valence-electron chi connectivity index (χ3n) is 2.10. The third-order valence-corrected chi connectivity index (χ3v) is 2.10. The van der Waals surface area contributed by atoms with Crippen molar-refractivity contribution in [1.29, 1.82) is 0 Å². The molecule has 0 unspecified atom stereocenters. The van der Waals surface area contributed by atoms with E-state index in [1.165, 1.54) is 0 Å². The average molecular weight is 247 g/mol. The number of amides is 1. The Morgan fingerprint density at radius 1 is 1.06 bits per heavy atom. The molecule has 7 heteroatoms. The van der Waals surface area contributed by atoms with Gasteiger partial charge in [0.1, 0.15) is 6.04 Å². The fourth-order valence-corrected chi connectivity index (χ4v) is 1.21. The van der Waals surface area contributed by atoms with E-state index in [1.807, 2.05) is 0 Å². The zero-order valence-corrected chi connectivity index (χ0v) is 9.39. The van der Waals surface area contributed by atoms with E-state index in [4.69, 9.17) is 15.3 Å². The number of aliphatic carboxylic acids is 2. The topological polar surface area (TPSA) is 124 Å². The first-order chi connectivity index (χ1) is 7.97. The van der Waals surface area contributed by atoms with Crippen LogP contribution in [-0.4, -0.2) is 45.8 Å². The smallest absolute Gasteiger partial charge is 0.326 e. The summed E-state index contributed by atoms with van der Waals surface area (Å²) in [5.74, 6) is -2.57.